The predicted octanol–water partition coefficient (Wildman–Crippen LogP) is 4.58. The summed E-state index contributed by atoms with van der Waals surface area (Å²) in [5.41, 5.74) is 0.881. The second kappa shape index (κ2) is 7.13. The van der Waals surface area contributed by atoms with E-state index >= 15 is 0 Å². The van der Waals surface area contributed by atoms with E-state index in [1.807, 2.05) is 37.8 Å². The number of halogens is 1. The van der Waals surface area contributed by atoms with Crippen molar-refractivity contribution in [1.82, 2.24) is 9.88 Å². The standard InChI is InChI=1S/C20H26BrN3O4/c1-20(2,3)28-19(25)24-12-6-5-7-13(24)11-23(10-12)18-22-16-15(26-4)9-8-14(21)17(16)27-18/h8-9,12-13H,5-7,10-11H2,1-4H3. The van der Waals surface area contributed by atoms with Crippen molar-refractivity contribution in [2.75, 3.05) is 25.1 Å². The average Bonchev–Trinajstić information content (AvgIpc) is 3.06. The number of carbonyl (C=O) groups excluding carboxylic acids is 1. The fraction of sp³-hybridized carbons (Fsp3) is 0.600. The minimum atomic E-state index is -0.494. The summed E-state index contributed by atoms with van der Waals surface area (Å²) in [6.07, 6.45) is 2.82. The van der Waals surface area contributed by atoms with Gasteiger partial charge >= 0.3 is 6.09 Å². The van der Waals surface area contributed by atoms with E-state index in [1.54, 1.807) is 7.11 Å². The van der Waals surface area contributed by atoms with Gasteiger partial charge in [-0.15, -0.1) is 0 Å². The smallest absolute Gasteiger partial charge is 0.410 e. The summed E-state index contributed by atoms with van der Waals surface area (Å²) in [5, 5.41) is 0. The number of fused-ring (bicyclic) bond motifs is 3. The number of rotatable bonds is 2. The van der Waals surface area contributed by atoms with Crippen LogP contribution < -0.4 is 9.64 Å². The van der Waals surface area contributed by atoms with E-state index in [0.717, 1.165) is 23.7 Å². The van der Waals surface area contributed by atoms with Crippen molar-refractivity contribution in [3.63, 3.8) is 0 Å². The van der Waals surface area contributed by atoms with Crippen molar-refractivity contribution < 1.29 is 18.7 Å². The van der Waals surface area contributed by atoms with Crippen LogP contribution in [0.5, 0.6) is 5.75 Å². The molecule has 0 radical (unpaired) electrons. The van der Waals surface area contributed by atoms with Crippen LogP contribution in [0.25, 0.3) is 11.1 Å². The number of aromatic nitrogens is 1. The highest BCUT2D eigenvalue weighted by Crippen LogP contribution is 2.37. The van der Waals surface area contributed by atoms with Gasteiger partial charge in [-0.2, -0.15) is 4.98 Å². The molecule has 2 aliphatic rings. The summed E-state index contributed by atoms with van der Waals surface area (Å²) in [6.45, 7) is 7.08. The molecule has 3 heterocycles. The Bertz CT molecular complexity index is 877. The van der Waals surface area contributed by atoms with Gasteiger partial charge in [0.2, 0.25) is 0 Å². The Balaban J connectivity index is 1.60. The van der Waals surface area contributed by atoms with Crippen molar-refractivity contribution >= 4 is 39.1 Å². The molecule has 2 unspecified atom stereocenters. The number of methoxy groups -OCH3 is 1. The second-order valence-corrected chi connectivity index (χ2v) is 9.31. The molecule has 2 bridgehead atoms. The van der Waals surface area contributed by atoms with Gasteiger partial charge in [0, 0.05) is 13.1 Å². The number of piperazine rings is 1. The lowest BCUT2D eigenvalue weighted by Crippen LogP contribution is -2.63. The third-order valence-corrected chi connectivity index (χ3v) is 5.89. The number of piperidine rings is 1. The van der Waals surface area contributed by atoms with Crippen LogP contribution in [0.1, 0.15) is 40.0 Å². The van der Waals surface area contributed by atoms with Crippen LogP contribution in [0, 0.1) is 0 Å². The first-order valence-corrected chi connectivity index (χ1v) is 10.5. The Labute approximate surface area is 173 Å². The molecule has 0 saturated carbocycles. The first-order valence-electron chi connectivity index (χ1n) is 9.66. The SMILES string of the molecule is COc1ccc(Br)c2oc(N3CC4CCCC(C3)N4C(=O)OC(C)(C)C)nc12. The van der Waals surface area contributed by atoms with Crippen LogP contribution >= 0.6 is 15.9 Å². The lowest BCUT2D eigenvalue weighted by molar-refractivity contribution is -0.0102. The van der Waals surface area contributed by atoms with E-state index in [2.05, 4.69) is 20.8 Å². The number of benzene rings is 1. The van der Waals surface area contributed by atoms with Crippen LogP contribution in [-0.4, -0.2) is 53.9 Å². The maximum absolute atomic E-state index is 12.8. The summed E-state index contributed by atoms with van der Waals surface area (Å²) in [6, 6.07) is 4.53. The van der Waals surface area contributed by atoms with Gasteiger partial charge in [-0.1, -0.05) is 0 Å². The summed E-state index contributed by atoms with van der Waals surface area (Å²) in [7, 11) is 1.63. The summed E-state index contributed by atoms with van der Waals surface area (Å²) in [5.74, 6) is 0.681. The van der Waals surface area contributed by atoms with Gasteiger partial charge in [0.15, 0.2) is 11.1 Å². The van der Waals surface area contributed by atoms with Gasteiger partial charge in [-0.25, -0.2) is 4.79 Å². The third-order valence-electron chi connectivity index (χ3n) is 5.27. The van der Waals surface area contributed by atoms with Gasteiger partial charge in [0.1, 0.15) is 11.4 Å². The van der Waals surface area contributed by atoms with Crippen LogP contribution in [-0.2, 0) is 4.74 Å². The Morgan fingerprint density at radius 1 is 1.25 bits per heavy atom. The topological polar surface area (TPSA) is 68.0 Å². The molecule has 4 rings (SSSR count). The van der Waals surface area contributed by atoms with Crippen LogP contribution in [0.3, 0.4) is 0 Å². The highest BCUT2D eigenvalue weighted by atomic mass is 79.9. The van der Waals surface area contributed by atoms with E-state index in [0.29, 0.717) is 36.0 Å². The van der Waals surface area contributed by atoms with Gasteiger partial charge < -0.3 is 18.8 Å². The Morgan fingerprint density at radius 3 is 2.54 bits per heavy atom. The van der Waals surface area contributed by atoms with Gasteiger partial charge in [-0.05, 0) is 68.1 Å². The fourth-order valence-corrected chi connectivity index (χ4v) is 4.52. The van der Waals surface area contributed by atoms with E-state index in [1.165, 1.54) is 0 Å². The number of anilines is 1. The van der Waals surface area contributed by atoms with Crippen molar-refractivity contribution in [3.05, 3.63) is 16.6 Å². The predicted molar refractivity (Wildman–Crippen MR) is 110 cm³/mol. The molecule has 0 aliphatic carbocycles. The zero-order chi connectivity index (χ0) is 20.1. The molecule has 2 aliphatic heterocycles. The van der Waals surface area contributed by atoms with Crippen LogP contribution in [0.2, 0.25) is 0 Å². The summed E-state index contributed by atoms with van der Waals surface area (Å²) >= 11 is 3.53. The van der Waals surface area contributed by atoms with Crippen LogP contribution in [0.15, 0.2) is 21.0 Å². The molecular formula is C20H26BrN3O4. The number of hydrogen-bond acceptors (Lipinski definition) is 6. The molecule has 2 saturated heterocycles. The number of amides is 1. The Morgan fingerprint density at radius 2 is 1.93 bits per heavy atom. The molecular weight excluding hydrogens is 426 g/mol. The maximum Gasteiger partial charge on any atom is 0.410 e. The van der Waals surface area contributed by atoms with Gasteiger partial charge in [-0.3, -0.25) is 4.90 Å². The first-order chi connectivity index (χ1) is 13.3. The van der Waals surface area contributed by atoms with Crippen molar-refractivity contribution in [3.8, 4) is 5.75 Å². The minimum absolute atomic E-state index is 0.0997. The van der Waals surface area contributed by atoms with Crippen molar-refractivity contribution in [1.29, 1.82) is 0 Å². The number of carbonyl (C=O) groups is 1. The van der Waals surface area contributed by atoms with Gasteiger partial charge in [0.05, 0.1) is 23.7 Å². The monoisotopic (exact) mass is 451 g/mol. The summed E-state index contributed by atoms with van der Waals surface area (Å²) < 4.78 is 18.0. The third kappa shape index (κ3) is 3.54. The summed E-state index contributed by atoms with van der Waals surface area (Å²) in [4.78, 5) is 21.5. The number of hydrogen-bond donors (Lipinski definition) is 0. The Kier molecular flexibility index (Phi) is 4.93. The molecule has 2 fully saturated rings. The normalized spacial score (nSPS) is 22.5. The highest BCUT2D eigenvalue weighted by molar-refractivity contribution is 9.10. The zero-order valence-corrected chi connectivity index (χ0v) is 18.3. The molecule has 1 aromatic carbocycles. The molecule has 1 amide bonds. The van der Waals surface area contributed by atoms with Crippen LogP contribution in [0.4, 0.5) is 10.8 Å². The quantitative estimate of drug-likeness (QED) is 0.665. The molecule has 1 aromatic heterocycles. The lowest BCUT2D eigenvalue weighted by Gasteiger charge is -2.49. The molecule has 28 heavy (non-hydrogen) atoms. The largest absolute Gasteiger partial charge is 0.494 e. The lowest BCUT2D eigenvalue weighted by atomic mass is 9.92. The van der Waals surface area contributed by atoms with E-state index in [9.17, 15) is 4.79 Å². The number of ether oxygens (including phenoxy) is 2. The van der Waals surface area contributed by atoms with Crippen molar-refractivity contribution in [2.45, 2.75) is 57.7 Å². The van der Waals surface area contributed by atoms with E-state index in [4.69, 9.17) is 18.9 Å². The molecule has 152 valence electrons. The number of nitrogens with zero attached hydrogens (tertiary/aromatic N) is 3. The Hall–Kier alpha value is -1.96. The zero-order valence-electron chi connectivity index (χ0n) is 16.7. The molecule has 0 spiro atoms. The van der Waals surface area contributed by atoms with Crippen molar-refractivity contribution in [2.24, 2.45) is 0 Å². The molecule has 0 N–H and O–H groups in total. The maximum atomic E-state index is 12.8. The second-order valence-electron chi connectivity index (χ2n) is 8.45. The minimum Gasteiger partial charge on any atom is -0.494 e. The fourth-order valence-electron chi connectivity index (χ4n) is 4.12. The first kappa shape index (κ1) is 19.4. The van der Waals surface area contributed by atoms with E-state index in [-0.39, 0.29) is 18.2 Å². The molecule has 2 atom stereocenters. The number of oxazole rings is 1. The molecule has 8 heteroatoms. The van der Waals surface area contributed by atoms with Gasteiger partial charge in [0.25, 0.3) is 6.01 Å². The molecule has 2 aromatic rings. The highest BCUT2D eigenvalue weighted by Gasteiger charge is 2.43. The average molecular weight is 452 g/mol. The van der Waals surface area contributed by atoms with E-state index < -0.39 is 5.60 Å². The molecule has 7 nitrogen and oxygen atoms in total.